The van der Waals surface area contributed by atoms with Crippen molar-refractivity contribution in [3.63, 3.8) is 0 Å². The van der Waals surface area contributed by atoms with Crippen molar-refractivity contribution >= 4 is 21.6 Å². The van der Waals surface area contributed by atoms with Crippen molar-refractivity contribution in [2.24, 2.45) is 11.8 Å². The Morgan fingerprint density at radius 1 is 1.22 bits per heavy atom. The van der Waals surface area contributed by atoms with E-state index >= 15 is 0 Å². The van der Waals surface area contributed by atoms with Crippen molar-refractivity contribution < 1.29 is 8.42 Å². The zero-order valence-corrected chi connectivity index (χ0v) is 11.3. The van der Waals surface area contributed by atoms with E-state index in [0.29, 0.717) is 11.8 Å². The van der Waals surface area contributed by atoms with Crippen LogP contribution < -0.4 is 4.72 Å². The molecule has 98 valence electrons. The number of fused-ring (bicyclic) bond motifs is 2. The summed E-state index contributed by atoms with van der Waals surface area (Å²) >= 11 is 5.55. The van der Waals surface area contributed by atoms with Crippen LogP contribution in [0.25, 0.3) is 0 Å². The van der Waals surface area contributed by atoms with E-state index in [1.165, 1.54) is 18.8 Å². The zero-order valence-electron chi connectivity index (χ0n) is 9.71. The lowest BCUT2D eigenvalue weighted by Gasteiger charge is -2.22. The Kier molecular flexibility index (Phi) is 3.03. The molecular weight excluding hydrogens is 274 g/mol. The third kappa shape index (κ3) is 2.24. The van der Waals surface area contributed by atoms with Gasteiger partial charge in [0.05, 0.1) is 12.4 Å². The monoisotopic (exact) mass is 287 g/mol. The average molecular weight is 288 g/mol. The van der Waals surface area contributed by atoms with E-state index in [9.17, 15) is 8.42 Å². The van der Waals surface area contributed by atoms with Crippen LogP contribution in [0, 0.1) is 11.8 Å². The fourth-order valence-corrected chi connectivity index (χ4v) is 4.40. The number of hydrogen-bond acceptors (Lipinski definition) is 4. The molecule has 2 fully saturated rings. The lowest BCUT2D eigenvalue weighted by atomic mass is 9.96. The van der Waals surface area contributed by atoms with Crippen LogP contribution in [-0.4, -0.2) is 24.4 Å². The van der Waals surface area contributed by atoms with Crippen molar-refractivity contribution in [3.8, 4) is 0 Å². The molecule has 0 aliphatic heterocycles. The number of aromatic nitrogens is 2. The molecule has 0 aromatic carbocycles. The first-order valence-electron chi connectivity index (χ1n) is 6.04. The van der Waals surface area contributed by atoms with Crippen LogP contribution in [0.15, 0.2) is 17.3 Å². The Hall–Kier alpha value is -0.720. The molecule has 18 heavy (non-hydrogen) atoms. The second-order valence-electron chi connectivity index (χ2n) is 5.09. The highest BCUT2D eigenvalue weighted by atomic mass is 35.5. The van der Waals surface area contributed by atoms with Gasteiger partial charge in [-0.1, -0.05) is 6.42 Å². The summed E-state index contributed by atoms with van der Waals surface area (Å²) in [4.78, 5) is 7.48. The molecule has 1 aromatic heterocycles. The van der Waals surface area contributed by atoms with E-state index in [-0.39, 0.29) is 16.2 Å². The van der Waals surface area contributed by atoms with E-state index in [4.69, 9.17) is 11.6 Å². The van der Waals surface area contributed by atoms with Gasteiger partial charge in [-0.3, -0.25) is 0 Å². The second kappa shape index (κ2) is 4.43. The SMILES string of the molecule is O=S(=O)(NC1CC2CCC1C2)c1cnc(Cl)nc1. The van der Waals surface area contributed by atoms with Crippen molar-refractivity contribution in [1.82, 2.24) is 14.7 Å². The number of sulfonamides is 1. The first-order valence-corrected chi connectivity index (χ1v) is 7.90. The number of rotatable bonds is 3. The maximum Gasteiger partial charge on any atom is 0.243 e. The lowest BCUT2D eigenvalue weighted by molar-refractivity contribution is 0.390. The van der Waals surface area contributed by atoms with Gasteiger partial charge in [0.15, 0.2) is 0 Å². The fraction of sp³-hybridized carbons (Fsp3) is 0.636. The fourth-order valence-electron chi connectivity index (χ4n) is 3.10. The summed E-state index contributed by atoms with van der Waals surface area (Å²) in [6, 6.07) is 0.0735. The van der Waals surface area contributed by atoms with Crippen molar-refractivity contribution in [2.75, 3.05) is 0 Å². The Morgan fingerprint density at radius 2 is 1.94 bits per heavy atom. The minimum Gasteiger partial charge on any atom is -0.225 e. The molecule has 7 heteroatoms. The Balaban J connectivity index is 1.77. The first-order chi connectivity index (χ1) is 8.54. The molecule has 0 radical (unpaired) electrons. The summed E-state index contributed by atoms with van der Waals surface area (Å²) in [6.45, 7) is 0. The molecule has 3 unspecified atom stereocenters. The molecule has 0 saturated heterocycles. The summed E-state index contributed by atoms with van der Waals surface area (Å²) in [5.74, 6) is 1.20. The quantitative estimate of drug-likeness (QED) is 0.857. The molecule has 0 amide bonds. The zero-order chi connectivity index (χ0) is 12.8. The molecule has 2 aliphatic carbocycles. The summed E-state index contributed by atoms with van der Waals surface area (Å²) < 4.78 is 27.1. The third-order valence-electron chi connectivity index (χ3n) is 3.95. The van der Waals surface area contributed by atoms with E-state index < -0.39 is 10.0 Å². The summed E-state index contributed by atoms with van der Waals surface area (Å²) in [7, 11) is -3.52. The molecule has 2 bridgehead atoms. The number of hydrogen-bond donors (Lipinski definition) is 1. The molecule has 1 N–H and O–H groups in total. The molecule has 5 nitrogen and oxygen atoms in total. The van der Waals surface area contributed by atoms with Crippen molar-refractivity contribution in [3.05, 3.63) is 17.7 Å². The predicted molar refractivity (Wildman–Crippen MR) is 66.6 cm³/mol. The van der Waals surface area contributed by atoms with Crippen LogP contribution in [0.5, 0.6) is 0 Å². The maximum atomic E-state index is 12.1. The van der Waals surface area contributed by atoms with Gasteiger partial charge in [0.2, 0.25) is 15.3 Å². The van der Waals surface area contributed by atoms with E-state index in [1.807, 2.05) is 0 Å². The van der Waals surface area contributed by atoms with Gasteiger partial charge < -0.3 is 0 Å². The van der Waals surface area contributed by atoms with Gasteiger partial charge in [0.1, 0.15) is 4.90 Å². The lowest BCUT2D eigenvalue weighted by Crippen LogP contribution is -2.38. The van der Waals surface area contributed by atoms with Gasteiger partial charge in [-0.05, 0) is 42.7 Å². The molecular formula is C11H14ClN3O2S. The highest BCUT2D eigenvalue weighted by Gasteiger charge is 2.41. The molecule has 2 saturated carbocycles. The van der Waals surface area contributed by atoms with Crippen LogP contribution in [-0.2, 0) is 10.0 Å². The van der Waals surface area contributed by atoms with Gasteiger partial charge in [-0.25, -0.2) is 23.1 Å². The normalized spacial score (nSPS) is 30.8. The molecule has 1 aromatic rings. The molecule has 3 rings (SSSR count). The van der Waals surface area contributed by atoms with Crippen LogP contribution in [0.3, 0.4) is 0 Å². The highest BCUT2D eigenvalue weighted by molar-refractivity contribution is 7.89. The smallest absolute Gasteiger partial charge is 0.225 e. The van der Waals surface area contributed by atoms with E-state index in [1.54, 1.807) is 0 Å². The van der Waals surface area contributed by atoms with Crippen LogP contribution in [0.1, 0.15) is 25.7 Å². The summed E-state index contributed by atoms with van der Waals surface area (Å²) in [6.07, 6.45) is 6.97. The first kappa shape index (κ1) is 12.3. The highest BCUT2D eigenvalue weighted by Crippen LogP contribution is 2.44. The second-order valence-corrected chi connectivity index (χ2v) is 7.14. The van der Waals surface area contributed by atoms with Gasteiger partial charge in [0, 0.05) is 6.04 Å². The van der Waals surface area contributed by atoms with Crippen LogP contribution in [0.2, 0.25) is 5.28 Å². The molecule has 1 heterocycles. The van der Waals surface area contributed by atoms with Crippen LogP contribution >= 0.6 is 11.6 Å². The standard InChI is InChI=1S/C11H14ClN3O2S/c12-11-13-5-9(6-14-11)18(16,17)15-10-4-7-1-2-8(10)3-7/h5-8,10,15H,1-4H2. The van der Waals surface area contributed by atoms with Crippen molar-refractivity contribution in [1.29, 1.82) is 0 Å². The molecule has 3 atom stereocenters. The number of nitrogens with one attached hydrogen (secondary N) is 1. The maximum absolute atomic E-state index is 12.1. The summed E-state index contributed by atoms with van der Waals surface area (Å²) in [5.41, 5.74) is 0. The predicted octanol–water partition coefficient (Wildman–Crippen LogP) is 1.60. The Labute approximate surface area is 111 Å². The Morgan fingerprint density at radius 3 is 2.50 bits per heavy atom. The van der Waals surface area contributed by atoms with Gasteiger partial charge >= 0.3 is 0 Å². The minimum absolute atomic E-state index is 0.0499. The average Bonchev–Trinajstić information content (AvgIpc) is 2.91. The largest absolute Gasteiger partial charge is 0.243 e. The number of nitrogens with zero attached hydrogens (tertiary/aromatic N) is 2. The van der Waals surface area contributed by atoms with Gasteiger partial charge in [-0.15, -0.1) is 0 Å². The van der Waals surface area contributed by atoms with Crippen molar-refractivity contribution in [2.45, 2.75) is 36.6 Å². The molecule has 2 aliphatic rings. The Bertz CT molecular complexity index is 546. The van der Waals surface area contributed by atoms with Crippen LogP contribution in [0.4, 0.5) is 0 Å². The third-order valence-corrected chi connectivity index (χ3v) is 5.59. The molecule has 0 spiro atoms. The summed E-state index contributed by atoms with van der Waals surface area (Å²) in [5, 5.41) is 0.0499. The number of halogens is 1. The topological polar surface area (TPSA) is 72.0 Å². The van der Waals surface area contributed by atoms with Gasteiger partial charge in [0.25, 0.3) is 0 Å². The van der Waals surface area contributed by atoms with Gasteiger partial charge in [-0.2, -0.15) is 0 Å². The van der Waals surface area contributed by atoms with E-state index in [2.05, 4.69) is 14.7 Å². The minimum atomic E-state index is -3.52. The van der Waals surface area contributed by atoms with E-state index in [0.717, 1.165) is 19.3 Å².